The third-order valence-corrected chi connectivity index (χ3v) is 1.80. The molecule has 0 bridgehead atoms. The summed E-state index contributed by atoms with van der Waals surface area (Å²) in [5.41, 5.74) is 0. The van der Waals surface area contributed by atoms with Gasteiger partial charge in [0.25, 0.3) is 0 Å². The molecule has 0 saturated carbocycles. The van der Waals surface area contributed by atoms with Crippen molar-refractivity contribution in [3.63, 3.8) is 0 Å². The van der Waals surface area contributed by atoms with Crippen LogP contribution in [0.1, 0.15) is 26.7 Å². The summed E-state index contributed by atoms with van der Waals surface area (Å²) in [5, 5.41) is 0. The van der Waals surface area contributed by atoms with E-state index in [0.717, 1.165) is 30.3 Å². The second kappa shape index (κ2) is 8.85. The van der Waals surface area contributed by atoms with Crippen molar-refractivity contribution in [1.29, 1.82) is 0 Å². The van der Waals surface area contributed by atoms with Gasteiger partial charge in [0.1, 0.15) is 4.32 Å². The second-order valence-electron chi connectivity index (χ2n) is 2.27. The number of thiol groups is 1. The van der Waals surface area contributed by atoms with E-state index >= 15 is 0 Å². The molecule has 0 atom stereocenters. The van der Waals surface area contributed by atoms with Gasteiger partial charge >= 0.3 is 0 Å². The van der Waals surface area contributed by atoms with E-state index in [1.807, 2.05) is 0 Å². The molecule has 0 N–H and O–H groups in total. The van der Waals surface area contributed by atoms with Gasteiger partial charge in [-0.05, 0) is 12.8 Å². The predicted octanol–water partition coefficient (Wildman–Crippen LogP) is 2.32. The number of hydrogen-bond acceptors (Lipinski definition) is 1. The SMILES string of the molecule is CCCN(CCC)C(=S)S.[Fe]. The van der Waals surface area contributed by atoms with Crippen molar-refractivity contribution in [3.05, 3.63) is 0 Å². The molecular weight excluding hydrogens is 218 g/mol. The topological polar surface area (TPSA) is 3.24 Å². The molecule has 0 unspecified atom stereocenters. The molecule has 1 nitrogen and oxygen atoms in total. The Balaban J connectivity index is 0. The van der Waals surface area contributed by atoms with Crippen LogP contribution in [0.15, 0.2) is 0 Å². The van der Waals surface area contributed by atoms with Crippen LogP contribution in [0.2, 0.25) is 0 Å². The van der Waals surface area contributed by atoms with Gasteiger partial charge in [0.2, 0.25) is 0 Å². The van der Waals surface area contributed by atoms with E-state index in [2.05, 4.69) is 31.4 Å². The molecule has 0 fully saturated rings. The summed E-state index contributed by atoms with van der Waals surface area (Å²) in [6.07, 6.45) is 2.28. The molecule has 0 aliphatic heterocycles. The molecule has 0 radical (unpaired) electrons. The minimum Gasteiger partial charge on any atom is -0.358 e. The van der Waals surface area contributed by atoms with Crippen LogP contribution in [-0.4, -0.2) is 22.3 Å². The molecule has 0 aliphatic carbocycles. The van der Waals surface area contributed by atoms with Gasteiger partial charge in [0, 0.05) is 30.2 Å². The first-order chi connectivity index (χ1) is 4.72. The Hall–Kier alpha value is 0.759. The number of nitrogens with zero attached hydrogens (tertiary/aromatic N) is 1. The zero-order valence-electron chi connectivity index (χ0n) is 6.98. The first-order valence-electron chi connectivity index (χ1n) is 3.70. The molecule has 0 saturated heterocycles. The molecule has 68 valence electrons. The zero-order chi connectivity index (χ0) is 7.98. The van der Waals surface area contributed by atoms with Gasteiger partial charge in [0.15, 0.2) is 0 Å². The van der Waals surface area contributed by atoms with Crippen LogP contribution in [0.5, 0.6) is 0 Å². The van der Waals surface area contributed by atoms with E-state index in [1.54, 1.807) is 0 Å². The molecule has 11 heavy (non-hydrogen) atoms. The van der Waals surface area contributed by atoms with Crippen molar-refractivity contribution >= 4 is 29.2 Å². The van der Waals surface area contributed by atoms with Crippen molar-refractivity contribution in [2.75, 3.05) is 13.1 Å². The number of rotatable bonds is 4. The van der Waals surface area contributed by atoms with E-state index in [-0.39, 0.29) is 17.1 Å². The van der Waals surface area contributed by atoms with Gasteiger partial charge < -0.3 is 4.90 Å². The maximum atomic E-state index is 4.94. The summed E-state index contributed by atoms with van der Waals surface area (Å²) in [6.45, 7) is 6.37. The molecule has 0 spiro atoms. The first-order valence-corrected chi connectivity index (χ1v) is 4.55. The standard InChI is InChI=1S/C7H15NS2.Fe/c1-3-5-8(6-4-2)7(9)10;/h3-6H2,1-2H3,(H,9,10);. The monoisotopic (exact) mass is 233 g/mol. The van der Waals surface area contributed by atoms with Crippen molar-refractivity contribution in [2.24, 2.45) is 0 Å². The maximum absolute atomic E-state index is 4.94. The third kappa shape index (κ3) is 7.13. The molecule has 0 rings (SSSR count). The molecule has 0 heterocycles. The largest absolute Gasteiger partial charge is 0.358 e. The molecular formula is C7H15FeNS2. The fraction of sp³-hybridized carbons (Fsp3) is 0.857. The van der Waals surface area contributed by atoms with Crippen LogP contribution in [0.25, 0.3) is 0 Å². The predicted molar refractivity (Wildman–Crippen MR) is 53.7 cm³/mol. The van der Waals surface area contributed by atoms with Crippen LogP contribution in [0, 0.1) is 0 Å². The van der Waals surface area contributed by atoms with E-state index in [4.69, 9.17) is 12.2 Å². The zero-order valence-corrected chi connectivity index (χ0v) is 9.80. The molecule has 4 heteroatoms. The molecule has 0 aromatic heterocycles. The Morgan fingerprint density at radius 3 is 1.82 bits per heavy atom. The molecule has 0 aromatic rings. The fourth-order valence-electron chi connectivity index (χ4n) is 0.843. The Labute approximate surface area is 90.8 Å². The minimum atomic E-state index is 0. The van der Waals surface area contributed by atoms with Crippen molar-refractivity contribution in [2.45, 2.75) is 26.7 Å². The number of hydrogen-bond donors (Lipinski definition) is 1. The van der Waals surface area contributed by atoms with E-state index in [1.165, 1.54) is 0 Å². The third-order valence-electron chi connectivity index (χ3n) is 1.26. The van der Waals surface area contributed by atoms with E-state index in [9.17, 15) is 0 Å². The summed E-state index contributed by atoms with van der Waals surface area (Å²) in [6, 6.07) is 0. The average Bonchev–Trinajstić information content (AvgIpc) is 1.87. The normalized spacial score (nSPS) is 8.64. The summed E-state index contributed by atoms with van der Waals surface area (Å²) in [5.74, 6) is 0. The average molecular weight is 233 g/mol. The quantitative estimate of drug-likeness (QED) is 0.451. The van der Waals surface area contributed by atoms with Crippen LogP contribution in [0.3, 0.4) is 0 Å². The van der Waals surface area contributed by atoms with Gasteiger partial charge in [-0.25, -0.2) is 0 Å². The van der Waals surface area contributed by atoms with Gasteiger partial charge in [-0.15, -0.1) is 12.6 Å². The Morgan fingerprint density at radius 2 is 1.64 bits per heavy atom. The van der Waals surface area contributed by atoms with Crippen LogP contribution >= 0.6 is 24.8 Å². The molecule has 0 aromatic carbocycles. The second-order valence-corrected chi connectivity index (χ2v) is 3.38. The maximum Gasteiger partial charge on any atom is 0.133 e. The summed E-state index contributed by atoms with van der Waals surface area (Å²) in [4.78, 5) is 2.12. The Kier molecular flexibility index (Phi) is 11.5. The van der Waals surface area contributed by atoms with E-state index in [0.29, 0.717) is 0 Å². The van der Waals surface area contributed by atoms with Gasteiger partial charge in [0.05, 0.1) is 0 Å². The number of thiocarbonyl (C=S) groups is 1. The molecule has 0 amide bonds. The van der Waals surface area contributed by atoms with Crippen LogP contribution < -0.4 is 0 Å². The van der Waals surface area contributed by atoms with Crippen LogP contribution in [-0.2, 0) is 17.1 Å². The summed E-state index contributed by atoms with van der Waals surface area (Å²) in [7, 11) is 0. The first kappa shape index (κ1) is 14.3. The smallest absolute Gasteiger partial charge is 0.133 e. The van der Waals surface area contributed by atoms with Crippen LogP contribution in [0.4, 0.5) is 0 Å². The van der Waals surface area contributed by atoms with Crippen molar-refractivity contribution < 1.29 is 17.1 Å². The summed E-state index contributed by atoms with van der Waals surface area (Å²) >= 11 is 9.06. The van der Waals surface area contributed by atoms with Gasteiger partial charge in [-0.1, -0.05) is 26.1 Å². The van der Waals surface area contributed by atoms with Gasteiger partial charge in [-0.3, -0.25) is 0 Å². The fourth-order valence-corrected chi connectivity index (χ4v) is 1.23. The Bertz CT molecular complexity index is 103. The van der Waals surface area contributed by atoms with Crippen molar-refractivity contribution in [3.8, 4) is 0 Å². The van der Waals surface area contributed by atoms with E-state index < -0.39 is 0 Å². The molecule has 0 aliphatic rings. The Morgan fingerprint density at radius 1 is 1.27 bits per heavy atom. The summed E-state index contributed by atoms with van der Waals surface area (Å²) < 4.78 is 0.726. The van der Waals surface area contributed by atoms with Gasteiger partial charge in [-0.2, -0.15) is 0 Å². The minimum absolute atomic E-state index is 0. The van der Waals surface area contributed by atoms with Crippen molar-refractivity contribution in [1.82, 2.24) is 4.90 Å².